The summed E-state index contributed by atoms with van der Waals surface area (Å²) >= 11 is 0. The lowest BCUT2D eigenvalue weighted by Crippen LogP contribution is -2.21. The van der Waals surface area contributed by atoms with E-state index in [2.05, 4.69) is 27.4 Å². The third kappa shape index (κ3) is 7.71. The number of nitrogens with one attached hydrogen (secondary N) is 1. The largest absolute Gasteiger partial charge is 0.492 e. The number of aryl methyl sites for hydroxylation is 3. The van der Waals surface area contributed by atoms with Crippen LogP contribution in [-0.2, 0) is 26.4 Å². The van der Waals surface area contributed by atoms with E-state index in [0.717, 1.165) is 48.3 Å². The first-order chi connectivity index (χ1) is 15.2. The monoisotopic (exact) mass is 522 g/mol. The van der Waals surface area contributed by atoms with Crippen LogP contribution in [0.25, 0.3) is 10.9 Å². The summed E-state index contributed by atoms with van der Waals surface area (Å²) in [6, 6.07) is 17.3. The van der Waals surface area contributed by atoms with Gasteiger partial charge in [0.1, 0.15) is 12.4 Å². The number of ether oxygens (including phenoxy) is 1. The lowest BCUT2D eigenvalue weighted by atomic mass is 10.1. The maximum Gasteiger partial charge on any atom is 0.250 e. The SMILES string of the molecule is Cl.Cl.Cl.Cn1c(=O)ccc2cc(OCCNCc3cccnc3CCc3cccnc3)ccc21. The number of fused-ring (bicyclic) bond motifs is 1. The van der Waals surface area contributed by atoms with Crippen molar-refractivity contribution in [1.29, 1.82) is 0 Å². The third-order valence-electron chi connectivity index (χ3n) is 5.32. The molecule has 0 aliphatic heterocycles. The second-order valence-electron chi connectivity index (χ2n) is 7.45. The highest BCUT2D eigenvalue weighted by molar-refractivity contribution is 5.86. The molecule has 4 aromatic rings. The highest BCUT2D eigenvalue weighted by Gasteiger charge is 2.05. The summed E-state index contributed by atoms with van der Waals surface area (Å²) < 4.78 is 7.52. The van der Waals surface area contributed by atoms with Crippen LogP contribution in [-0.4, -0.2) is 27.7 Å². The second-order valence-corrected chi connectivity index (χ2v) is 7.45. The summed E-state index contributed by atoms with van der Waals surface area (Å²) in [4.78, 5) is 20.5. The minimum absolute atomic E-state index is 0. The topological polar surface area (TPSA) is 69.0 Å². The molecule has 1 N–H and O–H groups in total. The number of halogens is 3. The molecule has 6 nitrogen and oxygen atoms in total. The first-order valence-corrected chi connectivity index (χ1v) is 10.5. The Kier molecular flexibility index (Phi) is 12.6. The average Bonchev–Trinajstić information content (AvgIpc) is 2.81. The van der Waals surface area contributed by atoms with E-state index in [1.165, 1.54) is 11.1 Å². The summed E-state index contributed by atoms with van der Waals surface area (Å²) in [5.74, 6) is 0.798. The van der Waals surface area contributed by atoms with Gasteiger partial charge in [-0.2, -0.15) is 0 Å². The minimum atomic E-state index is -0.0134. The molecule has 34 heavy (non-hydrogen) atoms. The van der Waals surface area contributed by atoms with Crippen molar-refractivity contribution >= 4 is 48.1 Å². The Hall–Kier alpha value is -2.64. The molecule has 0 atom stereocenters. The molecule has 4 rings (SSSR count). The summed E-state index contributed by atoms with van der Waals surface area (Å²) in [6.45, 7) is 2.03. The summed E-state index contributed by atoms with van der Waals surface area (Å²) in [5.41, 5.74) is 4.42. The zero-order valence-corrected chi connectivity index (χ0v) is 21.3. The lowest BCUT2D eigenvalue weighted by molar-refractivity contribution is 0.314. The van der Waals surface area contributed by atoms with Gasteiger partial charge in [-0.1, -0.05) is 12.1 Å². The number of benzene rings is 1. The van der Waals surface area contributed by atoms with E-state index in [1.54, 1.807) is 23.9 Å². The van der Waals surface area contributed by atoms with Gasteiger partial charge in [0, 0.05) is 55.9 Å². The van der Waals surface area contributed by atoms with E-state index in [0.29, 0.717) is 6.61 Å². The molecule has 182 valence electrons. The quantitative estimate of drug-likeness (QED) is 0.326. The van der Waals surface area contributed by atoms with Crippen molar-refractivity contribution in [2.45, 2.75) is 19.4 Å². The Morgan fingerprint density at radius 2 is 1.79 bits per heavy atom. The van der Waals surface area contributed by atoms with Crippen molar-refractivity contribution < 1.29 is 4.74 Å². The molecule has 0 radical (unpaired) electrons. The highest BCUT2D eigenvalue weighted by Crippen LogP contribution is 2.19. The standard InChI is InChI=1S/C25H26N4O2.3ClH/c1-29-24-10-8-22(16-20(24)7-11-25(29)30)31-15-14-27-18-21-5-3-13-28-23(21)9-6-19-4-2-12-26-17-19;;;/h2-5,7-8,10-13,16-17,27H,6,9,14-15,18H2,1H3;3*1H. The van der Waals surface area contributed by atoms with E-state index in [9.17, 15) is 4.79 Å². The zero-order valence-electron chi connectivity index (χ0n) is 18.8. The molecular formula is C25H29Cl3N4O2. The number of hydrogen-bond donors (Lipinski definition) is 1. The van der Waals surface area contributed by atoms with Crippen molar-refractivity contribution in [1.82, 2.24) is 19.9 Å². The fourth-order valence-electron chi connectivity index (χ4n) is 3.58. The third-order valence-corrected chi connectivity index (χ3v) is 5.32. The fourth-order valence-corrected chi connectivity index (χ4v) is 3.58. The van der Waals surface area contributed by atoms with Crippen LogP contribution >= 0.6 is 37.2 Å². The van der Waals surface area contributed by atoms with E-state index in [-0.39, 0.29) is 42.8 Å². The summed E-state index contributed by atoms with van der Waals surface area (Å²) in [5, 5.41) is 4.43. The van der Waals surface area contributed by atoms with Gasteiger partial charge >= 0.3 is 0 Å². The van der Waals surface area contributed by atoms with Crippen LogP contribution in [0.15, 0.2) is 78.0 Å². The number of pyridine rings is 3. The van der Waals surface area contributed by atoms with Gasteiger partial charge in [-0.15, -0.1) is 37.2 Å². The summed E-state index contributed by atoms with van der Waals surface area (Å²) in [6.07, 6.45) is 7.36. The van der Waals surface area contributed by atoms with Crippen LogP contribution < -0.4 is 15.6 Å². The molecule has 0 fully saturated rings. The van der Waals surface area contributed by atoms with Crippen molar-refractivity contribution in [2.75, 3.05) is 13.2 Å². The molecule has 3 heterocycles. The number of aromatic nitrogens is 3. The Morgan fingerprint density at radius 3 is 2.59 bits per heavy atom. The molecule has 1 aromatic carbocycles. The number of hydrogen-bond acceptors (Lipinski definition) is 5. The van der Waals surface area contributed by atoms with Crippen LogP contribution in [0.3, 0.4) is 0 Å². The molecular weight excluding hydrogens is 495 g/mol. The Morgan fingerprint density at radius 1 is 0.971 bits per heavy atom. The molecule has 9 heteroatoms. The predicted molar refractivity (Wildman–Crippen MR) is 144 cm³/mol. The van der Waals surface area contributed by atoms with E-state index < -0.39 is 0 Å². The van der Waals surface area contributed by atoms with Crippen molar-refractivity contribution in [2.24, 2.45) is 7.05 Å². The molecule has 0 unspecified atom stereocenters. The minimum Gasteiger partial charge on any atom is -0.492 e. The molecule has 0 saturated heterocycles. The summed E-state index contributed by atoms with van der Waals surface area (Å²) in [7, 11) is 1.78. The van der Waals surface area contributed by atoms with Gasteiger partial charge in [-0.25, -0.2) is 0 Å². The molecule has 0 amide bonds. The normalized spacial score (nSPS) is 10.0. The first-order valence-electron chi connectivity index (χ1n) is 10.5. The molecule has 0 saturated carbocycles. The number of rotatable bonds is 9. The van der Waals surface area contributed by atoms with Crippen molar-refractivity contribution in [3.8, 4) is 5.75 Å². The average molecular weight is 524 g/mol. The van der Waals surface area contributed by atoms with E-state index >= 15 is 0 Å². The second kappa shape index (κ2) is 14.6. The molecule has 3 aromatic heterocycles. The number of nitrogens with zero attached hydrogens (tertiary/aromatic N) is 3. The van der Waals surface area contributed by atoms with Crippen LogP contribution in [0.5, 0.6) is 5.75 Å². The van der Waals surface area contributed by atoms with Gasteiger partial charge in [0.2, 0.25) is 0 Å². The zero-order chi connectivity index (χ0) is 21.5. The first kappa shape index (κ1) is 29.4. The van der Waals surface area contributed by atoms with E-state index in [4.69, 9.17) is 4.74 Å². The van der Waals surface area contributed by atoms with Gasteiger partial charge < -0.3 is 14.6 Å². The van der Waals surface area contributed by atoms with Crippen molar-refractivity contribution in [3.63, 3.8) is 0 Å². The maximum atomic E-state index is 11.7. The predicted octanol–water partition coefficient (Wildman–Crippen LogP) is 4.55. The van der Waals surface area contributed by atoms with Crippen LogP contribution in [0.4, 0.5) is 0 Å². The molecule has 0 bridgehead atoms. The van der Waals surface area contributed by atoms with Gasteiger partial charge in [0.05, 0.1) is 5.52 Å². The fraction of sp³-hybridized carbons (Fsp3) is 0.240. The highest BCUT2D eigenvalue weighted by atomic mass is 35.5. The molecule has 0 aliphatic carbocycles. The van der Waals surface area contributed by atoms with Gasteiger partial charge in [0.25, 0.3) is 5.56 Å². The maximum absolute atomic E-state index is 11.7. The van der Waals surface area contributed by atoms with Gasteiger partial charge in [0.15, 0.2) is 0 Å². The van der Waals surface area contributed by atoms with Gasteiger partial charge in [-0.05, 0) is 60.4 Å². The van der Waals surface area contributed by atoms with Crippen molar-refractivity contribution in [3.05, 3.63) is 100 Å². The molecule has 0 spiro atoms. The Labute approximate surface area is 218 Å². The lowest BCUT2D eigenvalue weighted by Gasteiger charge is -2.11. The smallest absolute Gasteiger partial charge is 0.250 e. The van der Waals surface area contributed by atoms with E-state index in [1.807, 2.05) is 48.8 Å². The van der Waals surface area contributed by atoms with Crippen LogP contribution in [0.1, 0.15) is 16.8 Å². The van der Waals surface area contributed by atoms with Crippen LogP contribution in [0.2, 0.25) is 0 Å². The Bertz CT molecular complexity index is 1220. The van der Waals surface area contributed by atoms with Crippen LogP contribution in [0, 0.1) is 0 Å². The van der Waals surface area contributed by atoms with Gasteiger partial charge in [-0.3, -0.25) is 14.8 Å². The molecule has 0 aliphatic rings. The Balaban J connectivity index is 0.00000193.